The summed E-state index contributed by atoms with van der Waals surface area (Å²) < 4.78 is 1.33. The van der Waals surface area contributed by atoms with Gasteiger partial charge in [0, 0.05) is 12.1 Å². The van der Waals surface area contributed by atoms with Crippen LogP contribution in [0.15, 0.2) is 36.4 Å². The third-order valence-electron chi connectivity index (χ3n) is 5.79. The number of nitrogens with zero attached hydrogens (tertiary/aromatic N) is 3. The monoisotopic (exact) mass is 382 g/mol. The van der Waals surface area contributed by atoms with Crippen LogP contribution in [0.2, 0.25) is 0 Å². The van der Waals surface area contributed by atoms with Crippen molar-refractivity contribution in [2.45, 2.75) is 44.2 Å². The maximum Gasteiger partial charge on any atom is 0.326 e. The average Bonchev–Trinajstić information content (AvgIpc) is 3.31. The first-order chi connectivity index (χ1) is 13.5. The van der Waals surface area contributed by atoms with Crippen molar-refractivity contribution >= 4 is 17.8 Å². The topological polar surface area (TPSA) is 119 Å². The van der Waals surface area contributed by atoms with Crippen LogP contribution in [0.5, 0.6) is 0 Å². The fraction of sp³-hybridized carbons (Fsp3) is 0.400. The minimum atomic E-state index is -1.000. The smallest absolute Gasteiger partial charge is 0.326 e. The number of benzene rings is 1. The molecule has 2 heterocycles. The van der Waals surface area contributed by atoms with E-state index in [0.29, 0.717) is 12.1 Å². The first kappa shape index (κ1) is 18.2. The number of aromatic nitrogens is 2. The molecule has 1 saturated carbocycles. The molecule has 1 aromatic carbocycles. The summed E-state index contributed by atoms with van der Waals surface area (Å²) in [6, 6.07) is 9.30. The lowest BCUT2D eigenvalue weighted by Crippen LogP contribution is -2.46. The summed E-state index contributed by atoms with van der Waals surface area (Å²) in [7, 11) is 0. The zero-order chi connectivity index (χ0) is 19.8. The molecule has 3 atom stereocenters. The number of likely N-dealkylation sites (tertiary alicyclic amines) is 1. The van der Waals surface area contributed by atoms with Crippen LogP contribution in [0.1, 0.15) is 53.1 Å². The number of carboxylic acids is 1. The molecular weight excluding hydrogens is 360 g/mol. The Morgan fingerprint density at radius 1 is 1.11 bits per heavy atom. The normalized spacial score (nSPS) is 24.0. The minimum Gasteiger partial charge on any atom is -0.480 e. The maximum atomic E-state index is 13.3. The van der Waals surface area contributed by atoms with E-state index in [1.165, 1.54) is 15.6 Å². The molecule has 2 fully saturated rings. The van der Waals surface area contributed by atoms with Gasteiger partial charge in [-0.25, -0.2) is 9.48 Å². The molecule has 0 spiro atoms. The van der Waals surface area contributed by atoms with Crippen molar-refractivity contribution in [3.05, 3.63) is 47.8 Å². The number of carboxylic acid groups (broad SMARTS) is 1. The lowest BCUT2D eigenvalue weighted by molar-refractivity contribution is -0.141. The van der Waals surface area contributed by atoms with Crippen LogP contribution < -0.4 is 5.73 Å². The summed E-state index contributed by atoms with van der Waals surface area (Å²) in [6.07, 6.45) is 4.23. The van der Waals surface area contributed by atoms with Crippen molar-refractivity contribution in [2.24, 2.45) is 11.7 Å². The number of amides is 2. The van der Waals surface area contributed by atoms with Gasteiger partial charge >= 0.3 is 5.97 Å². The number of para-hydroxylation sites is 1. The summed E-state index contributed by atoms with van der Waals surface area (Å²) in [5, 5.41) is 14.0. The number of hydrogen-bond acceptors (Lipinski definition) is 4. The SMILES string of the molecule is NC(=O)c1cc(C(=O)N2[C@H](C(=O)O)C[C@H]3CCCC[C@@H]32)nn1-c1ccccc1. The Morgan fingerprint density at radius 3 is 2.50 bits per heavy atom. The van der Waals surface area contributed by atoms with Crippen LogP contribution in [0, 0.1) is 5.92 Å². The third-order valence-corrected chi connectivity index (χ3v) is 5.79. The van der Waals surface area contributed by atoms with Crippen LogP contribution in [-0.2, 0) is 4.79 Å². The zero-order valence-corrected chi connectivity index (χ0v) is 15.3. The van der Waals surface area contributed by atoms with Crippen molar-refractivity contribution in [2.75, 3.05) is 0 Å². The van der Waals surface area contributed by atoms with Gasteiger partial charge in [-0.1, -0.05) is 31.0 Å². The summed E-state index contributed by atoms with van der Waals surface area (Å²) >= 11 is 0. The van der Waals surface area contributed by atoms with Gasteiger partial charge in [0.15, 0.2) is 5.69 Å². The largest absolute Gasteiger partial charge is 0.480 e. The summed E-state index contributed by atoms with van der Waals surface area (Å²) in [5.41, 5.74) is 6.20. The number of rotatable bonds is 4. The highest BCUT2D eigenvalue weighted by Crippen LogP contribution is 2.40. The van der Waals surface area contributed by atoms with Gasteiger partial charge in [-0.2, -0.15) is 5.10 Å². The van der Waals surface area contributed by atoms with E-state index in [-0.39, 0.29) is 23.3 Å². The van der Waals surface area contributed by atoms with Crippen LogP contribution in [0.25, 0.3) is 5.69 Å². The Labute approximate surface area is 161 Å². The molecule has 1 aromatic heterocycles. The molecular formula is C20H22N4O4. The Balaban J connectivity index is 1.73. The van der Waals surface area contributed by atoms with E-state index in [1.54, 1.807) is 24.3 Å². The van der Waals surface area contributed by atoms with E-state index in [4.69, 9.17) is 5.73 Å². The number of carbonyl (C=O) groups excluding carboxylic acids is 2. The van der Waals surface area contributed by atoms with E-state index in [2.05, 4.69) is 5.10 Å². The van der Waals surface area contributed by atoms with Crippen molar-refractivity contribution < 1.29 is 19.5 Å². The fourth-order valence-corrected chi connectivity index (χ4v) is 4.53. The Bertz CT molecular complexity index is 924. The molecule has 1 aliphatic heterocycles. The Hall–Kier alpha value is -3.16. The lowest BCUT2D eigenvalue weighted by Gasteiger charge is -2.32. The number of nitrogens with two attached hydrogens (primary N) is 1. The molecule has 0 unspecified atom stereocenters. The second-order valence-electron chi connectivity index (χ2n) is 7.44. The number of primary amides is 1. The molecule has 0 radical (unpaired) electrons. The van der Waals surface area contributed by atoms with E-state index in [0.717, 1.165) is 25.7 Å². The molecule has 8 heteroatoms. The number of carbonyl (C=O) groups is 3. The highest BCUT2D eigenvalue weighted by molar-refractivity contribution is 5.99. The highest BCUT2D eigenvalue weighted by atomic mass is 16.4. The summed E-state index contributed by atoms with van der Waals surface area (Å²) in [5.74, 6) is -1.97. The highest BCUT2D eigenvalue weighted by Gasteiger charge is 2.48. The second-order valence-corrected chi connectivity index (χ2v) is 7.44. The zero-order valence-electron chi connectivity index (χ0n) is 15.3. The number of hydrogen-bond donors (Lipinski definition) is 2. The van der Waals surface area contributed by atoms with E-state index >= 15 is 0 Å². The van der Waals surface area contributed by atoms with E-state index < -0.39 is 23.8 Å². The predicted octanol–water partition coefficient (Wildman–Crippen LogP) is 1.83. The van der Waals surface area contributed by atoms with Gasteiger partial charge in [0.1, 0.15) is 11.7 Å². The minimum absolute atomic E-state index is 0.0372. The Morgan fingerprint density at radius 2 is 1.82 bits per heavy atom. The molecule has 146 valence electrons. The van der Waals surface area contributed by atoms with Crippen molar-refractivity contribution in [1.29, 1.82) is 0 Å². The van der Waals surface area contributed by atoms with Gasteiger partial charge < -0.3 is 15.7 Å². The van der Waals surface area contributed by atoms with Crippen molar-refractivity contribution in [3.63, 3.8) is 0 Å². The average molecular weight is 382 g/mol. The second kappa shape index (κ2) is 7.10. The lowest BCUT2D eigenvalue weighted by atomic mass is 9.84. The first-order valence-corrected chi connectivity index (χ1v) is 9.48. The maximum absolute atomic E-state index is 13.3. The van der Waals surface area contributed by atoms with Crippen LogP contribution in [0.3, 0.4) is 0 Å². The molecule has 8 nitrogen and oxygen atoms in total. The van der Waals surface area contributed by atoms with E-state index in [9.17, 15) is 19.5 Å². The Kier molecular flexibility index (Phi) is 4.62. The first-order valence-electron chi connectivity index (χ1n) is 9.48. The molecule has 1 aliphatic carbocycles. The molecule has 2 amide bonds. The van der Waals surface area contributed by atoms with Gasteiger partial charge in [0.05, 0.1) is 5.69 Å². The van der Waals surface area contributed by atoms with Crippen LogP contribution in [0.4, 0.5) is 0 Å². The molecule has 2 aromatic rings. The van der Waals surface area contributed by atoms with Crippen molar-refractivity contribution in [3.8, 4) is 5.69 Å². The van der Waals surface area contributed by atoms with Crippen LogP contribution >= 0.6 is 0 Å². The quantitative estimate of drug-likeness (QED) is 0.836. The molecule has 1 saturated heterocycles. The van der Waals surface area contributed by atoms with Crippen molar-refractivity contribution in [1.82, 2.24) is 14.7 Å². The van der Waals surface area contributed by atoms with Gasteiger partial charge in [-0.15, -0.1) is 0 Å². The van der Waals surface area contributed by atoms with E-state index in [1.807, 2.05) is 6.07 Å². The van der Waals surface area contributed by atoms with Gasteiger partial charge in [0.2, 0.25) is 0 Å². The molecule has 28 heavy (non-hydrogen) atoms. The molecule has 0 bridgehead atoms. The van der Waals surface area contributed by atoms with Gasteiger partial charge in [-0.3, -0.25) is 9.59 Å². The number of fused-ring (bicyclic) bond motifs is 1. The molecule has 2 aliphatic rings. The van der Waals surface area contributed by atoms with Gasteiger partial charge in [-0.05, 0) is 37.3 Å². The third kappa shape index (κ3) is 3.04. The molecule has 4 rings (SSSR count). The fourth-order valence-electron chi connectivity index (χ4n) is 4.53. The predicted molar refractivity (Wildman–Crippen MR) is 100 cm³/mol. The number of aliphatic carboxylic acids is 1. The standard InChI is InChI=1S/C20H22N4O4/c21-18(25)16-11-14(22-24(16)13-7-2-1-3-8-13)19(26)23-15-9-5-4-6-12(15)10-17(23)20(27)28/h1-3,7-8,11-12,15,17H,4-6,9-10H2,(H2,21,25)(H,27,28)/t12-,15+,17+/m1/s1. The summed E-state index contributed by atoms with van der Waals surface area (Å²) in [4.78, 5) is 38.4. The van der Waals surface area contributed by atoms with Gasteiger partial charge in [0.25, 0.3) is 11.8 Å². The summed E-state index contributed by atoms with van der Waals surface area (Å²) in [6.45, 7) is 0. The molecule has 3 N–H and O–H groups in total. The van der Waals surface area contributed by atoms with Crippen LogP contribution in [-0.4, -0.2) is 49.7 Å².